The zero-order valence-corrected chi connectivity index (χ0v) is 19.0. The lowest BCUT2D eigenvalue weighted by molar-refractivity contribution is 0.0979. The highest BCUT2D eigenvalue weighted by atomic mass is 35.5. The van der Waals surface area contributed by atoms with Crippen molar-refractivity contribution in [2.75, 3.05) is 48.6 Å². The van der Waals surface area contributed by atoms with Crippen LogP contribution in [0.1, 0.15) is 10.4 Å². The molecule has 1 aliphatic heterocycles. The topological polar surface area (TPSA) is 52.7 Å². The standard InChI is InChI=1S/C18H18Cl2FN3O2S.CH3Cl/c1-27(26)22-18(25)14-10-15(20)17(11-16(14)21)24-8-6-23(7-9-24)13-4-2-12(19)3-5-13;1-2/h2-5,10-11H,6-9H2,1H3,(H,22,25);1H3. The third-order valence-corrected chi connectivity index (χ3v) is 5.36. The molecule has 0 aliphatic carbocycles. The first kappa shape index (κ1) is 23.7. The van der Waals surface area contributed by atoms with Gasteiger partial charge >= 0.3 is 0 Å². The Labute approximate surface area is 187 Å². The number of anilines is 2. The maximum Gasteiger partial charge on any atom is 0.265 e. The van der Waals surface area contributed by atoms with Crippen LogP contribution in [0.5, 0.6) is 0 Å². The summed E-state index contributed by atoms with van der Waals surface area (Å²) >= 11 is 16.9. The Morgan fingerprint density at radius 1 is 1.03 bits per heavy atom. The lowest BCUT2D eigenvalue weighted by Gasteiger charge is -2.37. The first-order chi connectivity index (χ1) is 13.8. The van der Waals surface area contributed by atoms with E-state index < -0.39 is 22.7 Å². The van der Waals surface area contributed by atoms with E-state index in [2.05, 4.69) is 21.2 Å². The molecule has 1 atom stereocenters. The first-order valence-electron chi connectivity index (χ1n) is 8.62. The van der Waals surface area contributed by atoms with Gasteiger partial charge in [-0.1, -0.05) is 23.2 Å². The van der Waals surface area contributed by atoms with Crippen LogP contribution in [0.2, 0.25) is 10.0 Å². The molecule has 1 amide bonds. The van der Waals surface area contributed by atoms with Gasteiger partial charge in [-0.25, -0.2) is 8.60 Å². The summed E-state index contributed by atoms with van der Waals surface area (Å²) in [5.41, 5.74) is 1.40. The summed E-state index contributed by atoms with van der Waals surface area (Å²) in [6, 6.07) is 10.2. The Balaban J connectivity index is 0.00000145. The highest BCUT2D eigenvalue weighted by Crippen LogP contribution is 2.30. The van der Waals surface area contributed by atoms with Crippen molar-refractivity contribution < 1.29 is 13.4 Å². The molecule has 2 aromatic carbocycles. The van der Waals surface area contributed by atoms with Gasteiger partial charge in [0.25, 0.3) is 5.91 Å². The van der Waals surface area contributed by atoms with E-state index in [0.717, 1.165) is 18.8 Å². The second kappa shape index (κ2) is 11.0. The van der Waals surface area contributed by atoms with Crippen LogP contribution >= 0.6 is 34.8 Å². The maximum absolute atomic E-state index is 14.4. The van der Waals surface area contributed by atoms with Gasteiger partial charge < -0.3 is 9.80 Å². The molecule has 0 spiro atoms. The number of nitrogens with one attached hydrogen (secondary N) is 1. The molecule has 1 heterocycles. The number of nitrogens with zero attached hydrogens (tertiary/aromatic N) is 2. The fourth-order valence-corrected chi connectivity index (χ4v) is 3.78. The number of piperazine rings is 1. The summed E-state index contributed by atoms with van der Waals surface area (Å²) in [6.45, 7) is 2.81. The van der Waals surface area contributed by atoms with E-state index in [1.807, 2.05) is 29.2 Å². The molecule has 0 radical (unpaired) electrons. The maximum atomic E-state index is 14.4. The number of hydrogen-bond acceptors (Lipinski definition) is 4. The normalized spacial score (nSPS) is 14.7. The van der Waals surface area contributed by atoms with E-state index in [1.54, 1.807) is 0 Å². The van der Waals surface area contributed by atoms with Crippen molar-refractivity contribution in [1.29, 1.82) is 0 Å². The van der Waals surface area contributed by atoms with Crippen LogP contribution in [0.25, 0.3) is 0 Å². The van der Waals surface area contributed by atoms with Crippen LogP contribution in [0, 0.1) is 5.82 Å². The zero-order valence-electron chi connectivity index (χ0n) is 15.9. The van der Waals surface area contributed by atoms with Crippen LogP contribution in [0.15, 0.2) is 36.4 Å². The molecular formula is C19H21Cl3FN3O2S. The highest BCUT2D eigenvalue weighted by molar-refractivity contribution is 7.82. The second-order valence-electron chi connectivity index (χ2n) is 6.12. The fourth-order valence-electron chi connectivity index (χ4n) is 3.00. The van der Waals surface area contributed by atoms with Crippen LogP contribution < -0.4 is 14.5 Å². The highest BCUT2D eigenvalue weighted by Gasteiger charge is 2.22. The lowest BCUT2D eigenvalue weighted by Crippen LogP contribution is -2.46. The summed E-state index contributed by atoms with van der Waals surface area (Å²) in [5.74, 6) is -1.45. The molecule has 1 saturated heterocycles. The Hall–Kier alpha value is -1.54. The van der Waals surface area contributed by atoms with Crippen LogP contribution in [0.3, 0.4) is 0 Å². The van der Waals surface area contributed by atoms with E-state index in [4.69, 9.17) is 23.2 Å². The number of amides is 1. The van der Waals surface area contributed by atoms with Gasteiger partial charge in [0.15, 0.2) is 0 Å². The number of benzene rings is 2. The smallest absolute Gasteiger partial charge is 0.265 e. The molecule has 1 unspecified atom stereocenters. The lowest BCUT2D eigenvalue weighted by atomic mass is 10.1. The monoisotopic (exact) mass is 479 g/mol. The van der Waals surface area contributed by atoms with E-state index in [-0.39, 0.29) is 10.6 Å². The summed E-state index contributed by atoms with van der Waals surface area (Å²) in [5, 5.41) is 0.971. The van der Waals surface area contributed by atoms with Crippen molar-refractivity contribution >= 4 is 63.1 Å². The van der Waals surface area contributed by atoms with E-state index in [0.29, 0.717) is 23.8 Å². The van der Waals surface area contributed by atoms with Crippen molar-refractivity contribution in [3.8, 4) is 0 Å². The minimum atomic E-state index is -1.58. The van der Waals surface area contributed by atoms with Gasteiger partial charge in [0.2, 0.25) is 0 Å². The molecular weight excluding hydrogens is 460 g/mol. The molecule has 0 saturated carbocycles. The van der Waals surface area contributed by atoms with E-state index >= 15 is 0 Å². The van der Waals surface area contributed by atoms with Gasteiger partial charge in [-0.2, -0.15) is 0 Å². The summed E-state index contributed by atoms with van der Waals surface area (Å²) in [4.78, 5) is 16.1. The summed E-state index contributed by atoms with van der Waals surface area (Å²) in [6.07, 6.45) is 2.77. The van der Waals surface area contributed by atoms with E-state index in [9.17, 15) is 13.4 Å². The zero-order chi connectivity index (χ0) is 21.6. The molecule has 3 rings (SSSR count). The average molecular weight is 481 g/mol. The Kier molecular flexibility index (Phi) is 9.02. The van der Waals surface area contributed by atoms with Crippen molar-refractivity contribution in [2.45, 2.75) is 0 Å². The number of alkyl halides is 1. The second-order valence-corrected chi connectivity index (χ2v) is 8.08. The van der Waals surface area contributed by atoms with E-state index in [1.165, 1.54) is 24.8 Å². The fraction of sp³-hybridized carbons (Fsp3) is 0.316. The van der Waals surface area contributed by atoms with Gasteiger partial charge in [0, 0.05) is 49.5 Å². The molecule has 2 aromatic rings. The van der Waals surface area contributed by atoms with Gasteiger partial charge in [-0.05, 0) is 36.4 Å². The molecule has 29 heavy (non-hydrogen) atoms. The van der Waals surface area contributed by atoms with Crippen molar-refractivity contribution in [2.24, 2.45) is 0 Å². The summed E-state index contributed by atoms with van der Waals surface area (Å²) in [7, 11) is -1.58. The third-order valence-electron chi connectivity index (χ3n) is 4.33. The van der Waals surface area contributed by atoms with Gasteiger partial charge in [-0.15, -0.1) is 11.6 Å². The Bertz CT molecular complexity index is 876. The van der Waals surface area contributed by atoms with Crippen LogP contribution in [0.4, 0.5) is 15.8 Å². The van der Waals surface area contributed by atoms with Crippen molar-refractivity contribution in [3.05, 3.63) is 57.8 Å². The third kappa shape index (κ3) is 6.22. The van der Waals surface area contributed by atoms with Gasteiger partial charge in [0.1, 0.15) is 16.8 Å². The molecule has 0 aromatic heterocycles. The Morgan fingerprint density at radius 3 is 2.14 bits per heavy atom. The van der Waals surface area contributed by atoms with Crippen molar-refractivity contribution in [3.63, 3.8) is 0 Å². The SMILES string of the molecule is CCl.CS(=O)NC(=O)c1cc(Cl)c(N2CCN(c3ccc(Cl)cc3)CC2)cc1F. The van der Waals surface area contributed by atoms with Crippen molar-refractivity contribution in [1.82, 2.24) is 4.72 Å². The number of carbonyl (C=O) groups is 1. The average Bonchev–Trinajstić information content (AvgIpc) is 2.71. The largest absolute Gasteiger partial charge is 0.368 e. The minimum absolute atomic E-state index is 0.223. The molecule has 1 fully saturated rings. The molecule has 0 bridgehead atoms. The van der Waals surface area contributed by atoms with Gasteiger partial charge in [-0.3, -0.25) is 9.52 Å². The molecule has 10 heteroatoms. The number of halogens is 4. The first-order valence-corrected chi connectivity index (χ1v) is 11.7. The van der Waals surface area contributed by atoms with Crippen LogP contribution in [-0.4, -0.2) is 48.9 Å². The molecule has 1 aliphatic rings. The molecule has 1 N–H and O–H groups in total. The number of rotatable bonds is 4. The number of carbonyl (C=O) groups excluding carboxylic acids is 1. The Morgan fingerprint density at radius 2 is 1.59 bits per heavy atom. The molecule has 158 valence electrons. The number of hydrogen-bond donors (Lipinski definition) is 1. The quantitative estimate of drug-likeness (QED) is 0.662. The molecule has 5 nitrogen and oxygen atoms in total. The summed E-state index contributed by atoms with van der Waals surface area (Å²) < 4.78 is 27.7. The predicted molar refractivity (Wildman–Crippen MR) is 121 cm³/mol. The van der Waals surface area contributed by atoms with Gasteiger partial charge in [0.05, 0.1) is 16.3 Å². The minimum Gasteiger partial charge on any atom is -0.368 e. The predicted octanol–water partition coefficient (Wildman–Crippen LogP) is 4.34. The van der Waals surface area contributed by atoms with Crippen LogP contribution in [-0.2, 0) is 11.0 Å².